The van der Waals surface area contributed by atoms with Gasteiger partial charge in [0.25, 0.3) is 5.91 Å². The van der Waals surface area contributed by atoms with Gasteiger partial charge in [-0.3, -0.25) is 4.79 Å². The van der Waals surface area contributed by atoms with Crippen LogP contribution in [-0.2, 0) is 13.5 Å². The second kappa shape index (κ2) is 8.59. The summed E-state index contributed by atoms with van der Waals surface area (Å²) in [6.07, 6.45) is 9.40. The van der Waals surface area contributed by atoms with E-state index in [1.165, 1.54) is 0 Å². The number of amides is 1. The molecule has 0 spiro atoms. The molecule has 1 aliphatic carbocycles. The minimum atomic E-state index is -0.487. The number of carbonyl (C=O) groups excluding carboxylic acids is 1. The van der Waals surface area contributed by atoms with Crippen molar-refractivity contribution in [1.29, 1.82) is 0 Å². The molecule has 0 radical (unpaired) electrons. The number of pyridine rings is 1. The number of hydrogen-bond acceptors (Lipinski definition) is 4. The molecular weight excluding hydrogens is 402 g/mol. The number of aromatic nitrogens is 4. The summed E-state index contributed by atoms with van der Waals surface area (Å²) >= 11 is 0. The Morgan fingerprint density at radius 3 is 2.72 bits per heavy atom. The molecule has 0 bridgehead atoms. The van der Waals surface area contributed by atoms with Crippen LogP contribution in [0.2, 0.25) is 0 Å². The molecule has 1 aliphatic rings. The van der Waals surface area contributed by atoms with Crippen molar-refractivity contribution >= 4 is 16.9 Å². The third-order valence-corrected chi connectivity index (χ3v) is 6.30. The Morgan fingerprint density at radius 1 is 1.16 bits per heavy atom. The first-order chi connectivity index (χ1) is 15.6. The van der Waals surface area contributed by atoms with E-state index < -0.39 is 6.10 Å². The Labute approximate surface area is 186 Å². The van der Waals surface area contributed by atoms with Crippen LogP contribution in [0.25, 0.3) is 16.7 Å². The smallest absolute Gasteiger partial charge is 0.270 e. The number of nitrogens with one attached hydrogen (secondary N) is 1. The van der Waals surface area contributed by atoms with Gasteiger partial charge < -0.3 is 15.0 Å². The van der Waals surface area contributed by atoms with Crippen LogP contribution in [0.15, 0.2) is 61.1 Å². The molecule has 1 fully saturated rings. The molecule has 3 heterocycles. The molecule has 0 saturated heterocycles. The minimum absolute atomic E-state index is 0.208. The molecule has 2 atom stereocenters. The number of aliphatic hydroxyl groups is 1. The Morgan fingerprint density at radius 2 is 1.97 bits per heavy atom. The van der Waals surface area contributed by atoms with E-state index in [1.807, 2.05) is 59.0 Å². The van der Waals surface area contributed by atoms with Crippen LogP contribution in [0.4, 0.5) is 0 Å². The van der Waals surface area contributed by atoms with Gasteiger partial charge in [-0.15, -0.1) is 0 Å². The van der Waals surface area contributed by atoms with Crippen LogP contribution in [0.1, 0.15) is 47.3 Å². The van der Waals surface area contributed by atoms with Crippen molar-refractivity contribution in [3.8, 4) is 5.69 Å². The van der Waals surface area contributed by atoms with Crippen molar-refractivity contribution in [1.82, 2.24) is 24.6 Å². The van der Waals surface area contributed by atoms with E-state index in [9.17, 15) is 9.90 Å². The van der Waals surface area contributed by atoms with Crippen LogP contribution in [0.5, 0.6) is 0 Å². The fraction of sp³-hybridized carbons (Fsp3) is 0.320. The van der Waals surface area contributed by atoms with Gasteiger partial charge in [-0.25, -0.2) is 9.67 Å². The highest BCUT2D eigenvalue weighted by Gasteiger charge is 2.25. The third kappa shape index (κ3) is 4.03. The fourth-order valence-corrected chi connectivity index (χ4v) is 4.49. The molecule has 1 amide bonds. The lowest BCUT2D eigenvalue weighted by Gasteiger charge is -2.28. The molecule has 164 valence electrons. The molecule has 0 unspecified atom stereocenters. The van der Waals surface area contributed by atoms with Gasteiger partial charge in [-0.1, -0.05) is 25.0 Å². The number of benzene rings is 1. The lowest BCUT2D eigenvalue weighted by molar-refractivity contribution is 0.0714. The monoisotopic (exact) mass is 429 g/mol. The molecule has 7 heteroatoms. The lowest BCUT2D eigenvalue weighted by Crippen LogP contribution is -2.45. The summed E-state index contributed by atoms with van der Waals surface area (Å²) in [6.45, 7) is 0. The summed E-state index contributed by atoms with van der Waals surface area (Å²) in [5.41, 5.74) is 4.37. The third-order valence-electron chi connectivity index (χ3n) is 6.30. The fourth-order valence-electron chi connectivity index (χ4n) is 4.49. The van der Waals surface area contributed by atoms with E-state index in [4.69, 9.17) is 0 Å². The SMILES string of the molecule is Cn1ccc2c(Cc3ccc(-n4cccn4)cc3)cc(C(=O)N[C@H]3CCCC[C@@H]3O)nc21. The zero-order valence-corrected chi connectivity index (χ0v) is 18.1. The summed E-state index contributed by atoms with van der Waals surface area (Å²) in [6, 6.07) is 13.9. The largest absolute Gasteiger partial charge is 0.391 e. The topological polar surface area (TPSA) is 85.0 Å². The minimum Gasteiger partial charge on any atom is -0.391 e. The molecule has 1 aromatic carbocycles. The van der Waals surface area contributed by atoms with Crippen molar-refractivity contribution in [2.24, 2.45) is 7.05 Å². The molecule has 3 aromatic heterocycles. The first kappa shape index (κ1) is 20.5. The predicted molar refractivity (Wildman–Crippen MR) is 123 cm³/mol. The number of nitrogens with zero attached hydrogens (tertiary/aromatic N) is 4. The van der Waals surface area contributed by atoms with Crippen molar-refractivity contribution < 1.29 is 9.90 Å². The zero-order chi connectivity index (χ0) is 22.1. The highest BCUT2D eigenvalue weighted by atomic mass is 16.3. The van der Waals surface area contributed by atoms with E-state index in [0.717, 1.165) is 53.5 Å². The van der Waals surface area contributed by atoms with Crippen LogP contribution < -0.4 is 5.32 Å². The number of carbonyl (C=O) groups is 1. The first-order valence-corrected chi connectivity index (χ1v) is 11.1. The van der Waals surface area contributed by atoms with Gasteiger partial charge in [0, 0.05) is 31.0 Å². The van der Waals surface area contributed by atoms with Crippen LogP contribution >= 0.6 is 0 Å². The second-order valence-electron chi connectivity index (χ2n) is 8.56. The van der Waals surface area contributed by atoms with E-state index in [0.29, 0.717) is 12.1 Å². The van der Waals surface area contributed by atoms with Gasteiger partial charge in [0.05, 0.1) is 17.8 Å². The quantitative estimate of drug-likeness (QED) is 0.509. The number of fused-ring (bicyclic) bond motifs is 1. The van der Waals surface area contributed by atoms with Gasteiger partial charge in [-0.2, -0.15) is 5.10 Å². The second-order valence-corrected chi connectivity index (χ2v) is 8.56. The standard InChI is InChI=1S/C25H27N5O2/c1-29-14-11-20-18(15-17-7-9-19(10-8-17)30-13-4-12-26-30)16-22(27-24(20)29)25(32)28-21-5-2-3-6-23(21)31/h4,7-14,16,21,23,31H,2-3,5-6,15H2,1H3,(H,28,32)/t21-,23-/m0/s1. The zero-order valence-electron chi connectivity index (χ0n) is 18.1. The number of rotatable bonds is 5. The molecule has 2 N–H and O–H groups in total. The summed E-state index contributed by atoms with van der Waals surface area (Å²) < 4.78 is 3.76. The Balaban J connectivity index is 1.43. The van der Waals surface area contributed by atoms with E-state index >= 15 is 0 Å². The van der Waals surface area contributed by atoms with Crippen molar-refractivity contribution in [3.05, 3.63) is 77.9 Å². The summed E-state index contributed by atoms with van der Waals surface area (Å²) in [7, 11) is 1.94. The molecule has 32 heavy (non-hydrogen) atoms. The van der Waals surface area contributed by atoms with Gasteiger partial charge in [0.1, 0.15) is 11.3 Å². The summed E-state index contributed by atoms with van der Waals surface area (Å²) in [4.78, 5) is 17.6. The normalized spacial score (nSPS) is 18.7. The van der Waals surface area contributed by atoms with Crippen LogP contribution in [0, 0.1) is 0 Å². The molecular formula is C25H27N5O2. The van der Waals surface area contributed by atoms with Crippen molar-refractivity contribution in [3.63, 3.8) is 0 Å². The highest BCUT2D eigenvalue weighted by Crippen LogP contribution is 2.24. The van der Waals surface area contributed by atoms with Gasteiger partial charge in [-0.05, 0) is 60.7 Å². The number of hydrogen-bond donors (Lipinski definition) is 2. The Kier molecular flexibility index (Phi) is 5.49. The van der Waals surface area contributed by atoms with Crippen LogP contribution in [-0.4, -0.2) is 42.5 Å². The molecule has 0 aliphatic heterocycles. The summed E-state index contributed by atoms with van der Waals surface area (Å²) in [5.74, 6) is -0.227. The maximum atomic E-state index is 13.0. The van der Waals surface area contributed by atoms with Crippen LogP contribution in [0.3, 0.4) is 0 Å². The highest BCUT2D eigenvalue weighted by molar-refractivity contribution is 5.95. The van der Waals surface area contributed by atoms with E-state index in [2.05, 4.69) is 27.5 Å². The Hall–Kier alpha value is -3.45. The maximum absolute atomic E-state index is 13.0. The van der Waals surface area contributed by atoms with Gasteiger partial charge in [0.15, 0.2) is 0 Å². The Bertz CT molecular complexity index is 1230. The van der Waals surface area contributed by atoms with E-state index in [1.54, 1.807) is 6.20 Å². The van der Waals surface area contributed by atoms with Crippen molar-refractivity contribution in [2.45, 2.75) is 44.2 Å². The molecule has 4 aromatic rings. The number of aryl methyl sites for hydroxylation is 1. The summed E-state index contributed by atoms with van der Waals surface area (Å²) in [5, 5.41) is 18.6. The first-order valence-electron chi connectivity index (χ1n) is 11.1. The van der Waals surface area contributed by atoms with Gasteiger partial charge in [0.2, 0.25) is 0 Å². The predicted octanol–water partition coefficient (Wildman–Crippen LogP) is 3.38. The van der Waals surface area contributed by atoms with E-state index in [-0.39, 0.29) is 11.9 Å². The average molecular weight is 430 g/mol. The number of aliphatic hydroxyl groups excluding tert-OH is 1. The molecule has 5 rings (SSSR count). The van der Waals surface area contributed by atoms with Crippen molar-refractivity contribution in [2.75, 3.05) is 0 Å². The van der Waals surface area contributed by atoms with Gasteiger partial charge >= 0.3 is 0 Å². The maximum Gasteiger partial charge on any atom is 0.270 e. The molecule has 1 saturated carbocycles. The lowest BCUT2D eigenvalue weighted by atomic mass is 9.92. The molecule has 7 nitrogen and oxygen atoms in total. The average Bonchev–Trinajstić information content (AvgIpc) is 3.47.